The van der Waals surface area contributed by atoms with E-state index in [1.54, 1.807) is 6.07 Å². The van der Waals surface area contributed by atoms with Gasteiger partial charge < -0.3 is 4.18 Å². The summed E-state index contributed by atoms with van der Waals surface area (Å²) in [7, 11) is 0. The molecule has 1 aromatic carbocycles. The van der Waals surface area contributed by atoms with E-state index >= 15 is 0 Å². The van der Waals surface area contributed by atoms with Crippen molar-refractivity contribution < 1.29 is 52.5 Å². The van der Waals surface area contributed by atoms with E-state index in [0.29, 0.717) is 5.56 Å². The number of aliphatic imine (C=N–C) groups is 1. The second-order valence-corrected chi connectivity index (χ2v) is 6.36. The van der Waals surface area contributed by atoms with Crippen molar-refractivity contribution >= 4 is 28.1 Å². The zero-order chi connectivity index (χ0) is 22.7. The Bertz CT molecular complexity index is 738. The van der Waals surface area contributed by atoms with Crippen molar-refractivity contribution in [3.05, 3.63) is 47.2 Å². The van der Waals surface area contributed by atoms with E-state index in [-0.39, 0.29) is 18.6 Å². The van der Waals surface area contributed by atoms with E-state index in [1.807, 2.05) is 0 Å². The molecule has 1 rings (SSSR count). The van der Waals surface area contributed by atoms with Crippen LogP contribution >= 0.6 is 23.6 Å². The van der Waals surface area contributed by atoms with Crippen molar-refractivity contribution in [2.75, 3.05) is 0 Å². The summed E-state index contributed by atoms with van der Waals surface area (Å²) in [6, 6.07) is 7.60. The van der Waals surface area contributed by atoms with Gasteiger partial charge in [0.15, 0.2) is 10.1 Å². The molecule has 1 aromatic rings. The second kappa shape index (κ2) is 9.08. The van der Waals surface area contributed by atoms with Gasteiger partial charge >= 0.3 is 24.5 Å². The molecule has 0 heterocycles. The summed E-state index contributed by atoms with van der Waals surface area (Å²) < 4.78 is 144. The minimum absolute atomic E-state index is 0.289. The fourth-order valence-corrected chi connectivity index (χ4v) is 2.31. The van der Waals surface area contributed by atoms with Crippen LogP contribution in [-0.2, 0) is 10.8 Å². The molecule has 0 aliphatic rings. The van der Waals surface area contributed by atoms with Crippen LogP contribution in [0.15, 0.2) is 46.6 Å². The van der Waals surface area contributed by atoms with Gasteiger partial charge in [-0.3, -0.25) is 0 Å². The van der Waals surface area contributed by atoms with Crippen LogP contribution < -0.4 is 0 Å². The highest BCUT2D eigenvalue weighted by atomic mass is 35.5. The van der Waals surface area contributed by atoms with Crippen molar-refractivity contribution in [1.82, 2.24) is 0 Å². The molecule has 0 aromatic heterocycles. The third-order valence-electron chi connectivity index (χ3n) is 2.85. The SMILES string of the molecule is FC(F)(F)C(=C(N=C(Cl)SOCc1ccccc1)C(F)(F)C(F)(F)F)C(F)(F)F. The molecule has 0 saturated carbocycles. The summed E-state index contributed by atoms with van der Waals surface area (Å²) in [6.07, 6.45) is -20.1. The van der Waals surface area contributed by atoms with Crippen LogP contribution in [0.3, 0.4) is 0 Å². The van der Waals surface area contributed by atoms with E-state index in [2.05, 4.69) is 9.18 Å². The third kappa shape index (κ3) is 7.03. The molecule has 0 N–H and O–H groups in total. The number of hydrogen-bond acceptors (Lipinski definition) is 3. The fraction of sp³-hybridized carbons (Fsp3) is 0.357. The Morgan fingerprint density at radius 3 is 1.76 bits per heavy atom. The number of allylic oxidation sites excluding steroid dienone is 2. The van der Waals surface area contributed by atoms with Gasteiger partial charge in [-0.05, 0) is 5.56 Å². The standard InChI is InChI=1S/C14H7ClF11NOS/c15-10(29-28-6-7-4-2-1-3-5-7)27-9(11(16,17)14(24,25)26)8(12(18,19)20)13(21,22)23/h1-5H,6H2. The van der Waals surface area contributed by atoms with Gasteiger partial charge in [-0.2, -0.15) is 48.3 Å². The number of benzene rings is 1. The van der Waals surface area contributed by atoms with Gasteiger partial charge in [0.05, 0.1) is 18.6 Å². The van der Waals surface area contributed by atoms with Crippen LogP contribution in [0.2, 0.25) is 0 Å². The molecule has 2 nitrogen and oxygen atoms in total. The number of alkyl halides is 11. The van der Waals surface area contributed by atoms with Gasteiger partial charge in [0, 0.05) is 0 Å². The molecule has 15 heteroatoms. The summed E-state index contributed by atoms with van der Waals surface area (Å²) in [5.74, 6) is -6.62. The van der Waals surface area contributed by atoms with Crippen LogP contribution in [0.4, 0.5) is 48.3 Å². The second-order valence-electron chi connectivity index (χ2n) is 4.99. The van der Waals surface area contributed by atoms with Gasteiger partial charge in [0.2, 0.25) is 0 Å². The van der Waals surface area contributed by atoms with Gasteiger partial charge in [-0.25, -0.2) is 4.99 Å². The minimum Gasteiger partial charge on any atom is -0.304 e. The average molecular weight is 482 g/mol. The Labute approximate surface area is 164 Å². The van der Waals surface area contributed by atoms with Crippen LogP contribution in [0.5, 0.6) is 0 Å². The average Bonchev–Trinajstić information content (AvgIpc) is 2.51. The minimum atomic E-state index is -6.82. The highest BCUT2D eigenvalue weighted by molar-refractivity contribution is 8.12. The quantitative estimate of drug-likeness (QED) is 0.195. The van der Waals surface area contributed by atoms with Crippen LogP contribution in [0, 0.1) is 0 Å². The topological polar surface area (TPSA) is 21.6 Å². The largest absolute Gasteiger partial charge is 0.459 e. The first-order chi connectivity index (χ1) is 13.0. The van der Waals surface area contributed by atoms with E-state index < -0.39 is 40.2 Å². The highest BCUT2D eigenvalue weighted by Crippen LogP contribution is 2.50. The Morgan fingerprint density at radius 2 is 1.34 bits per heavy atom. The zero-order valence-corrected chi connectivity index (χ0v) is 15.0. The summed E-state index contributed by atoms with van der Waals surface area (Å²) >= 11 is 4.87. The Hall–Kier alpha value is -1.54. The molecule has 0 amide bonds. The molecule has 0 aliphatic heterocycles. The maximum atomic E-state index is 13.5. The van der Waals surface area contributed by atoms with E-state index in [4.69, 9.17) is 11.6 Å². The van der Waals surface area contributed by atoms with Crippen molar-refractivity contribution in [2.45, 2.75) is 31.1 Å². The lowest BCUT2D eigenvalue weighted by Gasteiger charge is -2.25. The molecule has 0 unspecified atom stereocenters. The molecule has 29 heavy (non-hydrogen) atoms. The van der Waals surface area contributed by atoms with Crippen molar-refractivity contribution in [3.8, 4) is 0 Å². The van der Waals surface area contributed by atoms with E-state index in [0.717, 1.165) is 0 Å². The lowest BCUT2D eigenvalue weighted by molar-refractivity contribution is -0.268. The summed E-state index contributed by atoms with van der Waals surface area (Å²) in [5, 5.41) is 0. The molecule has 0 aliphatic carbocycles. The summed E-state index contributed by atoms with van der Waals surface area (Å²) in [5.41, 5.74) is -7.37. The Balaban J connectivity index is 3.37. The van der Waals surface area contributed by atoms with Gasteiger partial charge in [-0.1, -0.05) is 41.9 Å². The molecular formula is C14H7ClF11NOS. The fourth-order valence-electron chi connectivity index (χ4n) is 1.67. The number of rotatable bonds is 5. The van der Waals surface area contributed by atoms with Crippen molar-refractivity contribution in [2.24, 2.45) is 4.99 Å². The van der Waals surface area contributed by atoms with Crippen molar-refractivity contribution in [1.29, 1.82) is 0 Å². The smallest absolute Gasteiger partial charge is 0.304 e. The first-order valence-corrected chi connectivity index (χ1v) is 8.01. The number of hydrogen-bond donors (Lipinski definition) is 0. The lowest BCUT2D eigenvalue weighted by atomic mass is 10.1. The van der Waals surface area contributed by atoms with Crippen LogP contribution in [-0.4, -0.2) is 29.0 Å². The first kappa shape index (κ1) is 25.5. The molecule has 0 fully saturated rings. The molecule has 164 valence electrons. The monoisotopic (exact) mass is 481 g/mol. The predicted octanol–water partition coefficient (Wildman–Crippen LogP) is 7.02. The molecule has 0 radical (unpaired) electrons. The lowest BCUT2D eigenvalue weighted by Crippen LogP contribution is -2.42. The number of halogens is 12. The maximum Gasteiger partial charge on any atom is 0.459 e. The highest BCUT2D eigenvalue weighted by Gasteiger charge is 2.66. The van der Waals surface area contributed by atoms with E-state index in [9.17, 15) is 48.3 Å². The van der Waals surface area contributed by atoms with Gasteiger partial charge in [0.1, 0.15) is 5.70 Å². The Morgan fingerprint density at radius 1 is 0.862 bits per heavy atom. The predicted molar refractivity (Wildman–Crippen MR) is 82.2 cm³/mol. The molecular weight excluding hydrogens is 475 g/mol. The third-order valence-corrected chi connectivity index (χ3v) is 3.59. The number of nitrogens with zero attached hydrogens (tertiary/aromatic N) is 1. The summed E-state index contributed by atoms with van der Waals surface area (Å²) in [4.78, 5) is 2.07. The van der Waals surface area contributed by atoms with Crippen molar-refractivity contribution in [3.63, 3.8) is 0 Å². The molecule has 0 spiro atoms. The van der Waals surface area contributed by atoms with Crippen LogP contribution in [0.1, 0.15) is 5.56 Å². The molecule has 0 atom stereocenters. The maximum absolute atomic E-state index is 13.5. The summed E-state index contributed by atoms with van der Waals surface area (Å²) in [6.45, 7) is -0.364. The van der Waals surface area contributed by atoms with Gasteiger partial charge in [-0.15, -0.1) is 0 Å². The normalized spacial score (nSPS) is 14.1. The van der Waals surface area contributed by atoms with E-state index in [1.165, 1.54) is 24.3 Å². The zero-order valence-electron chi connectivity index (χ0n) is 13.4. The Kier molecular flexibility index (Phi) is 7.98. The first-order valence-electron chi connectivity index (χ1n) is 6.89. The van der Waals surface area contributed by atoms with Gasteiger partial charge in [0.25, 0.3) is 0 Å². The molecule has 0 saturated heterocycles. The molecule has 0 bridgehead atoms. The van der Waals surface area contributed by atoms with Crippen LogP contribution in [0.25, 0.3) is 0 Å².